The van der Waals surface area contributed by atoms with E-state index >= 15 is 0 Å². The summed E-state index contributed by atoms with van der Waals surface area (Å²) in [5, 5.41) is 4.62. The summed E-state index contributed by atoms with van der Waals surface area (Å²) in [6, 6.07) is 19.4. The first-order chi connectivity index (χ1) is 12.5. The van der Waals surface area contributed by atoms with E-state index in [1.165, 1.54) is 11.8 Å². The van der Waals surface area contributed by atoms with Crippen LogP contribution < -0.4 is 5.32 Å². The SMILES string of the molecule is CC(SC(=S)Nc1cccnc1)(c1ccc(Cl)cc1)c1ccccc1Cl. The molecule has 1 unspecified atom stereocenters. The van der Waals surface area contributed by atoms with Gasteiger partial charge >= 0.3 is 0 Å². The molecule has 6 heteroatoms. The molecule has 0 aliphatic rings. The molecule has 2 aromatic carbocycles. The Kier molecular flexibility index (Phi) is 6.20. The maximum Gasteiger partial charge on any atom is 0.139 e. The third kappa shape index (κ3) is 4.38. The van der Waals surface area contributed by atoms with E-state index in [4.69, 9.17) is 35.4 Å². The number of thioether (sulfide) groups is 1. The van der Waals surface area contributed by atoms with Crippen molar-refractivity contribution in [1.29, 1.82) is 0 Å². The van der Waals surface area contributed by atoms with Crippen molar-refractivity contribution in [2.75, 3.05) is 5.32 Å². The van der Waals surface area contributed by atoms with E-state index < -0.39 is 4.75 Å². The Bertz CT molecular complexity index is 901. The van der Waals surface area contributed by atoms with Gasteiger partial charge in [-0.1, -0.05) is 77.5 Å². The van der Waals surface area contributed by atoms with Crippen molar-refractivity contribution in [2.24, 2.45) is 0 Å². The number of benzene rings is 2. The molecule has 26 heavy (non-hydrogen) atoms. The highest BCUT2D eigenvalue weighted by molar-refractivity contribution is 8.24. The smallest absolute Gasteiger partial charge is 0.139 e. The number of hydrogen-bond donors (Lipinski definition) is 1. The predicted octanol–water partition coefficient (Wildman–Crippen LogP) is 6.78. The van der Waals surface area contributed by atoms with Crippen LogP contribution in [0.2, 0.25) is 10.0 Å². The molecule has 1 atom stereocenters. The van der Waals surface area contributed by atoms with Crippen LogP contribution in [0.5, 0.6) is 0 Å². The maximum atomic E-state index is 6.52. The van der Waals surface area contributed by atoms with E-state index in [-0.39, 0.29) is 0 Å². The lowest BCUT2D eigenvalue weighted by atomic mass is 9.92. The fourth-order valence-electron chi connectivity index (χ4n) is 2.65. The molecule has 0 fully saturated rings. The molecular weight excluding hydrogens is 403 g/mol. The topological polar surface area (TPSA) is 24.9 Å². The molecule has 0 radical (unpaired) electrons. The Labute approximate surface area is 172 Å². The van der Waals surface area contributed by atoms with Gasteiger partial charge in [0.25, 0.3) is 0 Å². The van der Waals surface area contributed by atoms with Crippen molar-refractivity contribution in [3.8, 4) is 0 Å². The van der Waals surface area contributed by atoms with Crippen molar-refractivity contribution < 1.29 is 0 Å². The summed E-state index contributed by atoms with van der Waals surface area (Å²) in [4.78, 5) is 4.11. The lowest BCUT2D eigenvalue weighted by Crippen LogP contribution is -2.24. The van der Waals surface area contributed by atoms with Crippen LogP contribution in [0.4, 0.5) is 5.69 Å². The monoisotopic (exact) mass is 418 g/mol. The molecule has 0 aliphatic carbocycles. The van der Waals surface area contributed by atoms with E-state index in [0.717, 1.165) is 16.8 Å². The Morgan fingerprint density at radius 2 is 1.77 bits per heavy atom. The summed E-state index contributed by atoms with van der Waals surface area (Å²) in [6.07, 6.45) is 3.46. The lowest BCUT2D eigenvalue weighted by molar-refractivity contribution is 0.845. The number of thiocarbonyl (C=S) groups is 1. The summed E-state index contributed by atoms with van der Waals surface area (Å²) in [5.41, 5.74) is 2.90. The quantitative estimate of drug-likeness (QED) is 0.471. The van der Waals surface area contributed by atoms with Crippen molar-refractivity contribution in [1.82, 2.24) is 4.98 Å². The van der Waals surface area contributed by atoms with Gasteiger partial charge in [-0.25, -0.2) is 0 Å². The van der Waals surface area contributed by atoms with Crippen molar-refractivity contribution in [2.45, 2.75) is 11.7 Å². The van der Waals surface area contributed by atoms with Gasteiger partial charge in [0.1, 0.15) is 4.32 Å². The molecule has 0 saturated heterocycles. The van der Waals surface area contributed by atoms with E-state index in [2.05, 4.69) is 17.2 Å². The average molecular weight is 419 g/mol. The standard InChI is InChI=1S/C20H16Cl2N2S2/c1-20(14-8-10-15(21)11-9-14,17-6-2-3-7-18(17)22)26-19(25)24-16-5-4-12-23-13-16/h2-13H,1H3,(H,24,25). The van der Waals surface area contributed by atoms with Crippen LogP contribution in [0.25, 0.3) is 0 Å². The van der Waals surface area contributed by atoms with E-state index in [0.29, 0.717) is 14.4 Å². The van der Waals surface area contributed by atoms with Crippen LogP contribution in [0.15, 0.2) is 73.1 Å². The molecule has 3 aromatic rings. The average Bonchev–Trinajstić information content (AvgIpc) is 2.63. The normalized spacial score (nSPS) is 13.0. The van der Waals surface area contributed by atoms with Gasteiger partial charge in [-0.3, -0.25) is 4.98 Å². The Balaban J connectivity index is 1.97. The van der Waals surface area contributed by atoms with E-state index in [9.17, 15) is 0 Å². The zero-order chi connectivity index (χ0) is 18.6. The number of nitrogens with one attached hydrogen (secondary N) is 1. The van der Waals surface area contributed by atoms with Gasteiger partial charge < -0.3 is 5.32 Å². The maximum absolute atomic E-state index is 6.52. The first-order valence-electron chi connectivity index (χ1n) is 7.90. The van der Waals surface area contributed by atoms with Gasteiger partial charge in [0.05, 0.1) is 16.6 Å². The molecule has 1 heterocycles. The van der Waals surface area contributed by atoms with Gasteiger partial charge in [-0.2, -0.15) is 0 Å². The third-order valence-electron chi connectivity index (χ3n) is 3.99. The molecule has 3 rings (SSSR count). The first kappa shape index (κ1) is 19.2. The highest BCUT2D eigenvalue weighted by Crippen LogP contribution is 2.46. The molecule has 1 N–H and O–H groups in total. The van der Waals surface area contributed by atoms with Crippen molar-refractivity contribution in [3.05, 3.63) is 94.2 Å². The molecule has 0 spiro atoms. The van der Waals surface area contributed by atoms with Crippen molar-refractivity contribution >= 4 is 57.2 Å². The number of rotatable bonds is 4. The van der Waals surface area contributed by atoms with Gasteiger partial charge in [-0.15, -0.1) is 0 Å². The van der Waals surface area contributed by atoms with Crippen LogP contribution in [0.1, 0.15) is 18.1 Å². The highest BCUT2D eigenvalue weighted by atomic mass is 35.5. The number of pyridine rings is 1. The second kappa shape index (κ2) is 8.40. The second-order valence-corrected chi connectivity index (χ2v) is 8.72. The number of aromatic nitrogens is 1. The highest BCUT2D eigenvalue weighted by Gasteiger charge is 2.33. The largest absolute Gasteiger partial charge is 0.340 e. The lowest BCUT2D eigenvalue weighted by Gasteiger charge is -2.31. The first-order valence-corrected chi connectivity index (χ1v) is 9.88. The minimum atomic E-state index is -0.477. The van der Waals surface area contributed by atoms with Crippen LogP contribution in [0, 0.1) is 0 Å². The Hall–Kier alpha value is -1.59. The Morgan fingerprint density at radius 1 is 1.04 bits per heavy atom. The van der Waals surface area contributed by atoms with Crippen LogP contribution in [0.3, 0.4) is 0 Å². The van der Waals surface area contributed by atoms with Crippen LogP contribution in [-0.4, -0.2) is 9.30 Å². The summed E-state index contributed by atoms with van der Waals surface area (Å²) < 4.78 is 0.158. The minimum Gasteiger partial charge on any atom is -0.340 e. The summed E-state index contributed by atoms with van der Waals surface area (Å²) in [7, 11) is 0. The fourth-order valence-corrected chi connectivity index (χ4v) is 4.86. The summed E-state index contributed by atoms with van der Waals surface area (Å²) in [5.74, 6) is 0. The fraction of sp³-hybridized carbons (Fsp3) is 0.100. The van der Waals surface area contributed by atoms with Crippen LogP contribution in [-0.2, 0) is 4.75 Å². The number of hydrogen-bond acceptors (Lipinski definition) is 3. The molecule has 0 bridgehead atoms. The Morgan fingerprint density at radius 3 is 2.42 bits per heavy atom. The van der Waals surface area contributed by atoms with Gasteiger partial charge in [-0.05, 0) is 48.4 Å². The minimum absolute atomic E-state index is 0.477. The number of anilines is 1. The molecule has 0 amide bonds. The van der Waals surface area contributed by atoms with Gasteiger partial charge in [0, 0.05) is 16.2 Å². The van der Waals surface area contributed by atoms with Gasteiger partial charge in [0.15, 0.2) is 0 Å². The molecular formula is C20H16Cl2N2S2. The molecule has 2 nitrogen and oxygen atoms in total. The summed E-state index contributed by atoms with van der Waals surface area (Å²) in [6.45, 7) is 2.11. The summed E-state index contributed by atoms with van der Waals surface area (Å²) >= 11 is 19.7. The molecule has 132 valence electrons. The second-order valence-electron chi connectivity index (χ2n) is 5.78. The predicted molar refractivity (Wildman–Crippen MR) is 117 cm³/mol. The number of halogens is 2. The van der Waals surface area contributed by atoms with Gasteiger partial charge in [0.2, 0.25) is 0 Å². The number of nitrogens with zero attached hydrogens (tertiary/aromatic N) is 1. The van der Waals surface area contributed by atoms with E-state index in [1.807, 2.05) is 60.7 Å². The zero-order valence-electron chi connectivity index (χ0n) is 13.9. The third-order valence-corrected chi connectivity index (χ3v) is 6.07. The molecule has 1 aromatic heterocycles. The van der Waals surface area contributed by atoms with Crippen molar-refractivity contribution in [3.63, 3.8) is 0 Å². The zero-order valence-corrected chi connectivity index (χ0v) is 17.1. The molecule has 0 aliphatic heterocycles. The van der Waals surface area contributed by atoms with Crippen LogP contribution >= 0.6 is 47.2 Å². The van der Waals surface area contributed by atoms with E-state index in [1.54, 1.807) is 12.4 Å². The molecule has 0 saturated carbocycles.